The lowest BCUT2D eigenvalue weighted by molar-refractivity contribution is 0.133. The molecule has 5 heterocycles. The summed E-state index contributed by atoms with van der Waals surface area (Å²) in [6, 6.07) is 9.81. The van der Waals surface area contributed by atoms with Crippen LogP contribution in [0.5, 0.6) is 0 Å². The highest BCUT2D eigenvalue weighted by Crippen LogP contribution is 2.44. The van der Waals surface area contributed by atoms with Gasteiger partial charge in [0.1, 0.15) is 10.8 Å². The number of aromatic nitrogens is 3. The molecule has 0 bridgehead atoms. The van der Waals surface area contributed by atoms with Gasteiger partial charge in [0.25, 0.3) is 0 Å². The summed E-state index contributed by atoms with van der Waals surface area (Å²) >= 11 is 8.39. The lowest BCUT2D eigenvalue weighted by Gasteiger charge is -2.38. The van der Waals surface area contributed by atoms with Crippen molar-refractivity contribution in [1.29, 1.82) is 0 Å². The van der Waals surface area contributed by atoms with Gasteiger partial charge in [-0.05, 0) is 48.9 Å². The Morgan fingerprint density at radius 1 is 1.06 bits per heavy atom. The Morgan fingerprint density at radius 2 is 1.94 bits per heavy atom. The minimum atomic E-state index is 0.379. The first-order chi connectivity index (χ1) is 17.6. The highest BCUT2D eigenvalue weighted by Gasteiger charge is 2.38. The van der Waals surface area contributed by atoms with E-state index in [1.165, 1.54) is 18.2 Å². The number of rotatable bonds is 5. The summed E-state index contributed by atoms with van der Waals surface area (Å²) in [6.07, 6.45) is 10.8. The number of hydrogen-bond acceptors (Lipinski definition) is 8. The van der Waals surface area contributed by atoms with E-state index < -0.39 is 0 Å². The zero-order valence-corrected chi connectivity index (χ0v) is 21.5. The van der Waals surface area contributed by atoms with Crippen molar-refractivity contribution in [3.8, 4) is 0 Å². The van der Waals surface area contributed by atoms with E-state index in [-0.39, 0.29) is 0 Å². The summed E-state index contributed by atoms with van der Waals surface area (Å²) < 4.78 is 5.66. The van der Waals surface area contributed by atoms with Gasteiger partial charge < -0.3 is 14.5 Å². The van der Waals surface area contributed by atoms with Gasteiger partial charge in [0.2, 0.25) is 0 Å². The molecule has 1 aromatic carbocycles. The normalized spacial score (nSPS) is 18.6. The molecule has 1 spiro atoms. The lowest BCUT2D eigenvalue weighted by atomic mass is 9.78. The first-order valence-electron chi connectivity index (χ1n) is 12.2. The monoisotopic (exact) mass is 518 g/mol. The number of pyridine rings is 1. The molecule has 0 aliphatic carbocycles. The molecule has 0 radical (unpaired) electrons. The summed E-state index contributed by atoms with van der Waals surface area (Å²) in [7, 11) is 0. The van der Waals surface area contributed by atoms with Crippen LogP contribution in [-0.2, 0) is 11.3 Å². The first-order valence-corrected chi connectivity index (χ1v) is 13.3. The van der Waals surface area contributed by atoms with Gasteiger partial charge in [-0.2, -0.15) is 0 Å². The molecule has 3 aliphatic rings. The van der Waals surface area contributed by atoms with Gasteiger partial charge in [-0.15, -0.1) is 0 Å². The van der Waals surface area contributed by atoms with Crippen molar-refractivity contribution in [3.63, 3.8) is 0 Å². The second kappa shape index (κ2) is 9.84. The van der Waals surface area contributed by atoms with Crippen LogP contribution in [0.15, 0.2) is 70.4 Å². The minimum absolute atomic E-state index is 0.379. The van der Waals surface area contributed by atoms with Crippen molar-refractivity contribution >= 4 is 46.9 Å². The summed E-state index contributed by atoms with van der Waals surface area (Å²) in [6.45, 7) is 8.69. The van der Waals surface area contributed by atoms with Crippen molar-refractivity contribution in [2.24, 2.45) is 10.4 Å². The summed E-state index contributed by atoms with van der Waals surface area (Å²) in [5.41, 5.74) is 3.76. The molecule has 2 fully saturated rings. The average Bonchev–Trinajstić information content (AvgIpc) is 3.36. The van der Waals surface area contributed by atoms with E-state index in [2.05, 4.69) is 26.4 Å². The first kappa shape index (κ1) is 23.5. The maximum absolute atomic E-state index is 6.89. The van der Waals surface area contributed by atoms with E-state index in [1.807, 2.05) is 47.6 Å². The van der Waals surface area contributed by atoms with Gasteiger partial charge in [0.05, 0.1) is 48.3 Å². The Balaban J connectivity index is 1.15. The minimum Gasteiger partial charge on any atom is -0.381 e. The Kier molecular flexibility index (Phi) is 6.41. The molecular formula is C27H27ClN6OS. The number of piperidine rings is 1. The second-order valence-electron chi connectivity index (χ2n) is 9.52. The fourth-order valence-electron chi connectivity index (χ4n) is 5.05. The molecule has 0 amide bonds. The predicted octanol–water partition coefficient (Wildman–Crippen LogP) is 5.83. The summed E-state index contributed by atoms with van der Waals surface area (Å²) in [4.78, 5) is 23.6. The van der Waals surface area contributed by atoms with Crippen molar-refractivity contribution in [2.45, 2.75) is 35.7 Å². The zero-order chi connectivity index (χ0) is 24.5. The number of nitrogens with zero attached hydrogens (tertiary/aromatic N) is 6. The lowest BCUT2D eigenvalue weighted by Crippen LogP contribution is -2.40. The Hall–Kier alpha value is -2.94. The number of aliphatic imine (C=N–C) groups is 1. The highest BCUT2D eigenvalue weighted by molar-refractivity contribution is 7.99. The topological polar surface area (TPSA) is 66.7 Å². The second-order valence-corrected chi connectivity index (χ2v) is 11.0. The van der Waals surface area contributed by atoms with Crippen LogP contribution in [0, 0.1) is 5.41 Å². The number of ether oxygens (including phenoxy) is 1. The van der Waals surface area contributed by atoms with Crippen molar-refractivity contribution in [1.82, 2.24) is 19.9 Å². The van der Waals surface area contributed by atoms with Crippen LogP contribution >= 0.6 is 23.4 Å². The van der Waals surface area contributed by atoms with Crippen LogP contribution in [0.1, 0.15) is 30.5 Å². The van der Waals surface area contributed by atoms with E-state index >= 15 is 0 Å². The number of hydrogen-bond donors (Lipinski definition) is 0. The maximum Gasteiger partial charge on any atom is 0.147 e. The molecule has 3 aliphatic heterocycles. The van der Waals surface area contributed by atoms with Crippen LogP contribution in [0.25, 0.3) is 5.70 Å². The van der Waals surface area contributed by atoms with Gasteiger partial charge >= 0.3 is 0 Å². The van der Waals surface area contributed by atoms with Gasteiger partial charge in [-0.25, -0.2) is 15.0 Å². The molecule has 0 N–H and O–H groups in total. The van der Waals surface area contributed by atoms with E-state index in [0.717, 1.165) is 77.5 Å². The molecule has 7 nitrogen and oxygen atoms in total. The number of halogens is 1. The molecule has 3 aromatic rings. The summed E-state index contributed by atoms with van der Waals surface area (Å²) in [5, 5.41) is 1.42. The standard InChI is InChI=1S/C27H27ClN6OS/c1-19-25-21(32-18-34(19)16-20-4-2-3-10-29-20)5-6-22(26(25)28)36-24-15-30-23(14-31-24)33-11-7-27(8-12-33)9-13-35-17-27/h2-6,10,14-15,18H,1,7-9,11-13,16-17H2. The van der Waals surface area contributed by atoms with Crippen LogP contribution in [0.4, 0.5) is 11.5 Å². The van der Waals surface area contributed by atoms with Crippen molar-refractivity contribution in [2.75, 3.05) is 31.2 Å². The molecule has 0 saturated carbocycles. The van der Waals surface area contributed by atoms with Crippen LogP contribution in [-0.4, -0.2) is 52.5 Å². The van der Waals surface area contributed by atoms with E-state index in [9.17, 15) is 0 Å². The fraction of sp³-hybridized carbons (Fsp3) is 0.333. The highest BCUT2D eigenvalue weighted by atomic mass is 35.5. The largest absolute Gasteiger partial charge is 0.381 e. The third-order valence-corrected chi connectivity index (χ3v) is 8.76. The van der Waals surface area contributed by atoms with E-state index in [4.69, 9.17) is 21.3 Å². The van der Waals surface area contributed by atoms with Crippen LogP contribution in [0.3, 0.4) is 0 Å². The van der Waals surface area contributed by atoms with E-state index in [1.54, 1.807) is 12.5 Å². The quantitative estimate of drug-likeness (QED) is 0.421. The van der Waals surface area contributed by atoms with Gasteiger partial charge in [0.15, 0.2) is 0 Å². The zero-order valence-electron chi connectivity index (χ0n) is 19.9. The predicted molar refractivity (Wildman–Crippen MR) is 144 cm³/mol. The molecule has 9 heteroatoms. The third kappa shape index (κ3) is 4.61. The SMILES string of the molecule is C=C1c2c(ccc(Sc3cnc(N4CCC5(CCOC5)CC4)cn3)c2Cl)N=CN1Cc1ccccn1. The smallest absolute Gasteiger partial charge is 0.147 e. The molecule has 6 rings (SSSR count). The van der Waals surface area contributed by atoms with Gasteiger partial charge in [0, 0.05) is 42.0 Å². The van der Waals surface area contributed by atoms with Crippen molar-refractivity contribution < 1.29 is 4.74 Å². The molecule has 0 atom stereocenters. The third-order valence-electron chi connectivity index (χ3n) is 7.28. The van der Waals surface area contributed by atoms with Gasteiger partial charge in [-0.3, -0.25) is 4.98 Å². The fourth-order valence-corrected chi connectivity index (χ4v) is 6.20. The van der Waals surface area contributed by atoms with Crippen molar-refractivity contribution in [3.05, 3.63) is 71.8 Å². The van der Waals surface area contributed by atoms with Crippen LogP contribution < -0.4 is 4.90 Å². The number of fused-ring (bicyclic) bond motifs is 1. The Bertz CT molecular complexity index is 1280. The molecule has 36 heavy (non-hydrogen) atoms. The number of benzene rings is 1. The summed E-state index contributed by atoms with van der Waals surface area (Å²) in [5.74, 6) is 0.928. The molecule has 2 aromatic heterocycles. The molecular weight excluding hydrogens is 492 g/mol. The Morgan fingerprint density at radius 3 is 2.67 bits per heavy atom. The van der Waals surface area contributed by atoms with E-state index in [0.29, 0.717) is 17.0 Å². The molecule has 184 valence electrons. The Labute approximate surface area is 220 Å². The maximum atomic E-state index is 6.89. The van der Waals surface area contributed by atoms with Gasteiger partial charge in [-0.1, -0.05) is 36.0 Å². The van der Waals surface area contributed by atoms with Crippen LogP contribution in [0.2, 0.25) is 5.02 Å². The number of anilines is 1. The average molecular weight is 519 g/mol. The molecule has 2 saturated heterocycles. The molecule has 0 unspecified atom stereocenters.